The predicted octanol–water partition coefficient (Wildman–Crippen LogP) is 3.55. The Kier molecular flexibility index (Phi) is 4.52. The van der Waals surface area contributed by atoms with Crippen molar-refractivity contribution in [3.8, 4) is 5.75 Å². The van der Waals surface area contributed by atoms with Crippen LogP contribution in [-0.4, -0.2) is 17.1 Å². The Morgan fingerprint density at radius 3 is 2.70 bits per heavy atom. The van der Waals surface area contributed by atoms with Crippen molar-refractivity contribution in [1.29, 1.82) is 0 Å². The van der Waals surface area contributed by atoms with E-state index in [9.17, 15) is 0 Å². The molecule has 0 saturated heterocycles. The maximum atomic E-state index is 6.18. The summed E-state index contributed by atoms with van der Waals surface area (Å²) in [6.45, 7) is 1.95. The van der Waals surface area contributed by atoms with Crippen LogP contribution in [0.3, 0.4) is 0 Å². The van der Waals surface area contributed by atoms with Crippen molar-refractivity contribution in [3.63, 3.8) is 0 Å². The minimum atomic E-state index is -0.0945. The number of anilines is 2. The maximum Gasteiger partial charge on any atom is 0.203 e. The summed E-state index contributed by atoms with van der Waals surface area (Å²) >= 11 is 12.1. The Morgan fingerprint density at radius 2 is 2.05 bits per heavy atom. The fraction of sp³-hybridized carbons (Fsp3) is 0.231. The van der Waals surface area contributed by atoms with Crippen LogP contribution < -0.4 is 15.8 Å². The molecule has 1 aromatic carbocycles. The van der Waals surface area contributed by atoms with Gasteiger partial charge in [-0.15, -0.1) is 0 Å². The summed E-state index contributed by atoms with van der Waals surface area (Å²) in [4.78, 5) is 8.00. The van der Waals surface area contributed by atoms with Crippen LogP contribution >= 0.6 is 23.2 Å². The number of nitrogens with zero attached hydrogens (tertiary/aromatic N) is 2. The number of hydrogen-bond acceptors (Lipinski definition) is 5. The summed E-state index contributed by atoms with van der Waals surface area (Å²) in [5.41, 5.74) is 6.63. The summed E-state index contributed by atoms with van der Waals surface area (Å²) in [6, 6.07) is 5.25. The van der Waals surface area contributed by atoms with Crippen molar-refractivity contribution >= 4 is 34.8 Å². The zero-order valence-electron chi connectivity index (χ0n) is 11.0. The molecule has 0 saturated carbocycles. The molecule has 1 aromatic heterocycles. The van der Waals surface area contributed by atoms with Crippen LogP contribution in [0.15, 0.2) is 24.5 Å². The van der Waals surface area contributed by atoms with E-state index in [4.69, 9.17) is 33.7 Å². The van der Waals surface area contributed by atoms with Gasteiger partial charge in [0.25, 0.3) is 0 Å². The molecule has 7 heteroatoms. The lowest BCUT2D eigenvalue weighted by atomic mass is 10.1. The largest absolute Gasteiger partial charge is 0.490 e. The monoisotopic (exact) mass is 312 g/mol. The average Bonchev–Trinajstić information content (AvgIpc) is 2.38. The van der Waals surface area contributed by atoms with Gasteiger partial charge in [0, 0.05) is 10.0 Å². The predicted molar refractivity (Wildman–Crippen MR) is 81.5 cm³/mol. The molecule has 0 bridgehead atoms. The normalized spacial score (nSPS) is 12.0. The van der Waals surface area contributed by atoms with E-state index in [0.717, 1.165) is 5.56 Å². The fourth-order valence-corrected chi connectivity index (χ4v) is 2.40. The van der Waals surface area contributed by atoms with Crippen LogP contribution in [0.1, 0.15) is 18.5 Å². The molecule has 0 amide bonds. The maximum absolute atomic E-state index is 6.18. The second-order valence-corrected chi connectivity index (χ2v) is 5.02. The van der Waals surface area contributed by atoms with Crippen LogP contribution in [0.2, 0.25) is 10.0 Å². The molecule has 5 nitrogen and oxygen atoms in total. The van der Waals surface area contributed by atoms with Gasteiger partial charge in [-0.2, -0.15) is 0 Å². The lowest BCUT2D eigenvalue weighted by Crippen LogP contribution is -2.11. The summed E-state index contributed by atoms with van der Waals surface area (Å²) in [6.07, 6.45) is 1.37. The van der Waals surface area contributed by atoms with Crippen LogP contribution in [0.4, 0.5) is 11.6 Å². The first kappa shape index (κ1) is 14.7. The van der Waals surface area contributed by atoms with Gasteiger partial charge in [0.2, 0.25) is 5.75 Å². The number of ether oxygens (including phenoxy) is 1. The van der Waals surface area contributed by atoms with Crippen molar-refractivity contribution in [2.45, 2.75) is 13.0 Å². The number of aromatic nitrogens is 2. The Morgan fingerprint density at radius 1 is 1.30 bits per heavy atom. The number of halogens is 2. The lowest BCUT2D eigenvalue weighted by molar-refractivity contribution is 0.415. The van der Waals surface area contributed by atoms with E-state index < -0.39 is 0 Å². The minimum absolute atomic E-state index is 0.0945. The SMILES string of the molecule is COc1c(N)ncnc1NC(C)c1ccc(Cl)cc1Cl. The highest BCUT2D eigenvalue weighted by molar-refractivity contribution is 6.35. The van der Waals surface area contributed by atoms with E-state index in [-0.39, 0.29) is 11.9 Å². The lowest BCUT2D eigenvalue weighted by Gasteiger charge is -2.18. The molecule has 1 heterocycles. The summed E-state index contributed by atoms with van der Waals surface area (Å²) < 4.78 is 5.20. The van der Waals surface area contributed by atoms with Gasteiger partial charge in [0.15, 0.2) is 11.6 Å². The smallest absolute Gasteiger partial charge is 0.203 e. The third kappa shape index (κ3) is 3.05. The Hall–Kier alpha value is -1.72. The van der Waals surface area contributed by atoms with Gasteiger partial charge in [-0.3, -0.25) is 0 Å². The van der Waals surface area contributed by atoms with E-state index >= 15 is 0 Å². The van der Waals surface area contributed by atoms with E-state index in [1.807, 2.05) is 13.0 Å². The molecule has 0 aliphatic rings. The molecule has 0 spiro atoms. The summed E-state index contributed by atoms with van der Waals surface area (Å²) in [7, 11) is 1.51. The van der Waals surface area contributed by atoms with Gasteiger partial charge in [0.1, 0.15) is 6.33 Å². The zero-order valence-corrected chi connectivity index (χ0v) is 12.5. The number of hydrogen-bond donors (Lipinski definition) is 2. The van der Waals surface area contributed by atoms with Crippen molar-refractivity contribution in [2.24, 2.45) is 0 Å². The standard InChI is InChI=1S/C13H14Cl2N4O/c1-7(9-4-3-8(14)5-10(9)15)19-13-11(20-2)12(16)17-6-18-13/h3-7H,1-2H3,(H3,16,17,18,19). The second kappa shape index (κ2) is 6.15. The van der Waals surface area contributed by atoms with Gasteiger partial charge in [-0.1, -0.05) is 29.3 Å². The number of benzene rings is 1. The number of nitrogen functional groups attached to an aromatic ring is 1. The van der Waals surface area contributed by atoms with Gasteiger partial charge in [-0.05, 0) is 24.6 Å². The van der Waals surface area contributed by atoms with Crippen molar-refractivity contribution in [3.05, 3.63) is 40.1 Å². The average molecular weight is 313 g/mol. The van der Waals surface area contributed by atoms with Crippen LogP contribution in [0.5, 0.6) is 5.75 Å². The van der Waals surface area contributed by atoms with Crippen LogP contribution in [0.25, 0.3) is 0 Å². The molecule has 0 radical (unpaired) electrons. The molecule has 1 unspecified atom stereocenters. The summed E-state index contributed by atoms with van der Waals surface area (Å²) in [5, 5.41) is 4.37. The number of nitrogens with one attached hydrogen (secondary N) is 1. The molecule has 0 fully saturated rings. The van der Waals surface area contributed by atoms with Crippen molar-refractivity contribution in [2.75, 3.05) is 18.2 Å². The van der Waals surface area contributed by atoms with Gasteiger partial charge >= 0.3 is 0 Å². The number of methoxy groups -OCH3 is 1. The molecule has 0 aliphatic carbocycles. The third-order valence-corrected chi connectivity index (χ3v) is 3.38. The highest BCUT2D eigenvalue weighted by Gasteiger charge is 2.15. The Balaban J connectivity index is 2.28. The van der Waals surface area contributed by atoms with Gasteiger partial charge in [-0.25, -0.2) is 9.97 Å². The van der Waals surface area contributed by atoms with Gasteiger partial charge in [0.05, 0.1) is 13.2 Å². The first-order valence-corrected chi connectivity index (χ1v) is 6.64. The number of rotatable bonds is 4. The zero-order chi connectivity index (χ0) is 14.7. The van der Waals surface area contributed by atoms with E-state index in [1.54, 1.807) is 12.1 Å². The first-order valence-electron chi connectivity index (χ1n) is 5.89. The molecule has 3 N–H and O–H groups in total. The Labute approximate surface area is 127 Å². The van der Waals surface area contributed by atoms with E-state index in [2.05, 4.69) is 15.3 Å². The molecular formula is C13H14Cl2N4O. The fourth-order valence-electron chi connectivity index (χ4n) is 1.83. The van der Waals surface area contributed by atoms with Gasteiger partial charge < -0.3 is 15.8 Å². The van der Waals surface area contributed by atoms with E-state index in [0.29, 0.717) is 21.6 Å². The van der Waals surface area contributed by atoms with Crippen molar-refractivity contribution in [1.82, 2.24) is 9.97 Å². The quantitative estimate of drug-likeness (QED) is 0.903. The molecule has 20 heavy (non-hydrogen) atoms. The summed E-state index contributed by atoms with van der Waals surface area (Å²) in [5.74, 6) is 1.20. The molecular weight excluding hydrogens is 299 g/mol. The highest BCUT2D eigenvalue weighted by Crippen LogP contribution is 2.32. The Bertz CT molecular complexity index is 621. The molecule has 2 aromatic rings. The van der Waals surface area contributed by atoms with Crippen molar-refractivity contribution < 1.29 is 4.74 Å². The minimum Gasteiger partial charge on any atom is -0.490 e. The number of nitrogens with two attached hydrogens (primary N) is 1. The molecule has 106 valence electrons. The second-order valence-electron chi connectivity index (χ2n) is 4.17. The molecule has 1 atom stereocenters. The highest BCUT2D eigenvalue weighted by atomic mass is 35.5. The van der Waals surface area contributed by atoms with Crippen LogP contribution in [0, 0.1) is 0 Å². The topological polar surface area (TPSA) is 73.1 Å². The first-order chi connectivity index (χ1) is 9.52. The third-order valence-electron chi connectivity index (χ3n) is 2.82. The van der Waals surface area contributed by atoms with E-state index in [1.165, 1.54) is 13.4 Å². The molecule has 2 rings (SSSR count). The van der Waals surface area contributed by atoms with Crippen LogP contribution in [-0.2, 0) is 0 Å². The molecule has 0 aliphatic heterocycles.